The van der Waals surface area contributed by atoms with Crippen LogP contribution in [0.25, 0.3) is 0 Å². The lowest BCUT2D eigenvalue weighted by molar-refractivity contribution is -0.118. The normalized spacial score (nSPS) is 45.4. The highest BCUT2D eigenvalue weighted by molar-refractivity contribution is 5.91. The molecule has 4 rings (SSSR count). The van der Waals surface area contributed by atoms with Gasteiger partial charge in [-0.2, -0.15) is 0 Å². The molecule has 1 nitrogen and oxygen atoms in total. The van der Waals surface area contributed by atoms with E-state index >= 15 is 4.39 Å². The van der Waals surface area contributed by atoms with Gasteiger partial charge in [0.15, 0.2) is 5.78 Å². The number of fused-ring (bicyclic) bond motifs is 5. The Labute approximate surface area is 178 Å². The second-order valence-electron chi connectivity index (χ2n) is 12.1. The van der Waals surface area contributed by atoms with Crippen molar-refractivity contribution in [2.24, 2.45) is 46.3 Å². The molecule has 0 unspecified atom stereocenters. The molecular formula is C27H43FO. The number of alkyl halides is 1. The van der Waals surface area contributed by atoms with E-state index in [9.17, 15) is 4.79 Å². The van der Waals surface area contributed by atoms with Gasteiger partial charge >= 0.3 is 0 Å². The molecule has 8 atom stereocenters. The zero-order valence-electron chi connectivity index (χ0n) is 19.5. The SMILES string of the molecule is CC(C)CCC[C@@H](C)[C@H]1CC[C@H]2[C@@H]3C[C@H](F)C4=CC(=O)CC[C@]4(C)[C@H]3CC[C@]12C. The highest BCUT2D eigenvalue weighted by Crippen LogP contribution is 2.68. The molecule has 0 aromatic heterocycles. The molecule has 0 amide bonds. The quantitative estimate of drug-likeness (QED) is 0.464. The molecule has 0 aliphatic heterocycles. The van der Waals surface area contributed by atoms with Crippen LogP contribution in [0.4, 0.5) is 4.39 Å². The van der Waals surface area contributed by atoms with Gasteiger partial charge in [0.25, 0.3) is 0 Å². The molecule has 4 aliphatic carbocycles. The van der Waals surface area contributed by atoms with Gasteiger partial charge in [-0.1, -0.05) is 53.9 Å². The summed E-state index contributed by atoms with van der Waals surface area (Å²) in [5.74, 6) is 4.36. The van der Waals surface area contributed by atoms with Crippen molar-refractivity contribution in [1.29, 1.82) is 0 Å². The van der Waals surface area contributed by atoms with Crippen LogP contribution in [0.15, 0.2) is 11.6 Å². The first-order chi connectivity index (χ1) is 13.7. The van der Waals surface area contributed by atoms with Crippen LogP contribution < -0.4 is 0 Å². The second kappa shape index (κ2) is 7.79. The Bertz CT molecular complexity index is 665. The minimum Gasteiger partial charge on any atom is -0.295 e. The third-order valence-corrected chi connectivity index (χ3v) is 10.1. The molecule has 0 heterocycles. The molecule has 0 saturated heterocycles. The van der Waals surface area contributed by atoms with Gasteiger partial charge in [-0.25, -0.2) is 4.39 Å². The van der Waals surface area contributed by atoms with E-state index in [4.69, 9.17) is 0 Å². The maximum atomic E-state index is 15.4. The van der Waals surface area contributed by atoms with Crippen LogP contribution in [0.3, 0.4) is 0 Å². The topological polar surface area (TPSA) is 17.1 Å². The van der Waals surface area contributed by atoms with Crippen LogP contribution in [0.2, 0.25) is 0 Å². The third-order valence-electron chi connectivity index (χ3n) is 10.1. The highest BCUT2D eigenvalue weighted by atomic mass is 19.1. The molecule has 2 heteroatoms. The molecule has 0 spiro atoms. The Hall–Kier alpha value is -0.660. The van der Waals surface area contributed by atoms with Gasteiger partial charge in [0.05, 0.1) is 0 Å². The van der Waals surface area contributed by atoms with Crippen molar-refractivity contribution in [2.45, 2.75) is 105 Å². The van der Waals surface area contributed by atoms with E-state index in [1.54, 1.807) is 6.08 Å². The fourth-order valence-corrected chi connectivity index (χ4v) is 8.58. The number of carbonyl (C=O) groups is 1. The summed E-state index contributed by atoms with van der Waals surface area (Å²) in [6, 6.07) is 0. The number of rotatable bonds is 5. The van der Waals surface area contributed by atoms with Gasteiger partial charge in [-0.3, -0.25) is 4.79 Å². The van der Waals surface area contributed by atoms with Crippen LogP contribution in [0.5, 0.6) is 0 Å². The van der Waals surface area contributed by atoms with Crippen molar-refractivity contribution in [2.75, 3.05) is 0 Å². The number of carbonyl (C=O) groups excluding carboxylic acids is 1. The largest absolute Gasteiger partial charge is 0.295 e. The zero-order chi connectivity index (χ0) is 21.0. The first-order valence-corrected chi connectivity index (χ1v) is 12.6. The van der Waals surface area contributed by atoms with Gasteiger partial charge < -0.3 is 0 Å². The first-order valence-electron chi connectivity index (χ1n) is 12.6. The molecule has 29 heavy (non-hydrogen) atoms. The average Bonchev–Trinajstić information content (AvgIpc) is 3.00. The summed E-state index contributed by atoms with van der Waals surface area (Å²) in [6.07, 6.45) is 12.2. The summed E-state index contributed by atoms with van der Waals surface area (Å²) in [6.45, 7) is 12.0. The summed E-state index contributed by atoms with van der Waals surface area (Å²) in [5.41, 5.74) is 1.19. The van der Waals surface area contributed by atoms with Crippen molar-refractivity contribution in [3.8, 4) is 0 Å². The van der Waals surface area contributed by atoms with Crippen molar-refractivity contribution >= 4 is 5.78 Å². The molecule has 0 aromatic carbocycles. The monoisotopic (exact) mass is 402 g/mol. The van der Waals surface area contributed by atoms with E-state index in [0.717, 1.165) is 29.7 Å². The molecule has 3 saturated carbocycles. The van der Waals surface area contributed by atoms with E-state index in [-0.39, 0.29) is 11.2 Å². The van der Waals surface area contributed by atoms with E-state index in [0.29, 0.717) is 36.0 Å². The smallest absolute Gasteiger partial charge is 0.155 e. The number of ketones is 1. The lowest BCUT2D eigenvalue weighted by Gasteiger charge is -2.59. The zero-order valence-corrected chi connectivity index (χ0v) is 19.5. The molecule has 4 aliphatic rings. The number of hydrogen-bond donors (Lipinski definition) is 0. The number of allylic oxidation sites excluding steroid dienone is 1. The summed E-state index contributed by atoms with van der Waals surface area (Å²) < 4.78 is 15.4. The van der Waals surface area contributed by atoms with Crippen molar-refractivity contribution in [3.63, 3.8) is 0 Å². The lowest BCUT2D eigenvalue weighted by Crippen LogP contribution is -2.53. The van der Waals surface area contributed by atoms with Crippen molar-refractivity contribution < 1.29 is 9.18 Å². The summed E-state index contributed by atoms with van der Waals surface area (Å²) in [4.78, 5) is 12.0. The first kappa shape index (κ1) is 21.6. The molecule has 164 valence electrons. The molecule has 0 N–H and O–H groups in total. The minimum absolute atomic E-state index is 0.0709. The van der Waals surface area contributed by atoms with Crippen LogP contribution in [-0.4, -0.2) is 12.0 Å². The summed E-state index contributed by atoms with van der Waals surface area (Å²) in [7, 11) is 0. The maximum absolute atomic E-state index is 15.4. The van der Waals surface area contributed by atoms with E-state index in [2.05, 4.69) is 34.6 Å². The Morgan fingerprint density at radius 2 is 1.83 bits per heavy atom. The maximum Gasteiger partial charge on any atom is 0.155 e. The van der Waals surface area contributed by atoms with Crippen LogP contribution in [0.1, 0.15) is 98.8 Å². The van der Waals surface area contributed by atoms with Crippen LogP contribution in [0, 0.1) is 46.3 Å². The fourth-order valence-electron chi connectivity index (χ4n) is 8.58. The van der Waals surface area contributed by atoms with Crippen LogP contribution >= 0.6 is 0 Å². The second-order valence-corrected chi connectivity index (χ2v) is 12.1. The Morgan fingerprint density at radius 3 is 2.55 bits per heavy atom. The highest BCUT2D eigenvalue weighted by Gasteiger charge is 2.61. The predicted octanol–water partition coefficient (Wildman–Crippen LogP) is 7.54. The lowest BCUT2D eigenvalue weighted by atomic mass is 9.46. The average molecular weight is 403 g/mol. The Balaban J connectivity index is 1.53. The summed E-state index contributed by atoms with van der Waals surface area (Å²) in [5, 5.41) is 0. The minimum atomic E-state index is -0.893. The van der Waals surface area contributed by atoms with E-state index in [1.807, 2.05) is 0 Å². The summed E-state index contributed by atoms with van der Waals surface area (Å²) >= 11 is 0. The fraction of sp³-hybridized carbons (Fsp3) is 0.889. The van der Waals surface area contributed by atoms with Gasteiger partial charge in [-0.05, 0) is 96.5 Å². The van der Waals surface area contributed by atoms with Gasteiger partial charge in [0, 0.05) is 6.42 Å². The Kier molecular flexibility index (Phi) is 5.79. The van der Waals surface area contributed by atoms with Gasteiger partial charge in [-0.15, -0.1) is 0 Å². The molecule has 0 bridgehead atoms. The number of halogens is 1. The molecule has 0 aromatic rings. The predicted molar refractivity (Wildman–Crippen MR) is 118 cm³/mol. The third kappa shape index (κ3) is 3.55. The van der Waals surface area contributed by atoms with Crippen LogP contribution in [-0.2, 0) is 4.79 Å². The van der Waals surface area contributed by atoms with E-state index < -0.39 is 6.17 Å². The van der Waals surface area contributed by atoms with Crippen molar-refractivity contribution in [3.05, 3.63) is 11.6 Å². The van der Waals surface area contributed by atoms with Gasteiger partial charge in [0.2, 0.25) is 0 Å². The molecule has 0 radical (unpaired) electrons. The number of hydrogen-bond acceptors (Lipinski definition) is 1. The molecular weight excluding hydrogens is 359 g/mol. The van der Waals surface area contributed by atoms with Crippen molar-refractivity contribution in [1.82, 2.24) is 0 Å². The molecule has 3 fully saturated rings. The Morgan fingerprint density at radius 1 is 1.07 bits per heavy atom. The van der Waals surface area contributed by atoms with Gasteiger partial charge in [0.1, 0.15) is 6.17 Å². The van der Waals surface area contributed by atoms with E-state index in [1.165, 1.54) is 44.9 Å². The standard InChI is InChI=1S/C27H43FO/c1-17(2)7-6-8-18(3)21-9-10-22-20-16-25(28)24-15-19(29)11-13-27(24,5)23(20)12-14-26(21,22)4/h15,17-18,20-23,25H,6-14,16H2,1-5H3/t18-,20+,21-,22+,23+,25+,26-,27-/m1/s1.